The summed E-state index contributed by atoms with van der Waals surface area (Å²) in [6.45, 7) is 6.51. The quantitative estimate of drug-likeness (QED) is 0.436. The number of carbonyl (C=O) groups is 2. The van der Waals surface area contributed by atoms with E-state index in [-0.39, 0.29) is 30.6 Å². The zero-order valence-electron chi connectivity index (χ0n) is 18.3. The highest BCUT2D eigenvalue weighted by Gasteiger charge is 2.29. The molecule has 0 saturated heterocycles. The Bertz CT molecular complexity index is 881. The molecular weight excluding hydrogens is 405 g/mol. The van der Waals surface area contributed by atoms with E-state index in [0.717, 1.165) is 24.1 Å². The molecule has 2 amide bonds. The molecule has 0 radical (unpaired) electrons. The highest BCUT2D eigenvalue weighted by molar-refractivity contribution is 5.83. The topological polar surface area (TPSA) is 49.4 Å². The number of amides is 2. The van der Waals surface area contributed by atoms with Crippen molar-refractivity contribution in [1.82, 2.24) is 10.2 Å². The maximum Gasteiger partial charge on any atom is 0.412 e. The maximum atomic E-state index is 12.6. The zero-order valence-corrected chi connectivity index (χ0v) is 18.3. The van der Waals surface area contributed by atoms with Crippen molar-refractivity contribution in [3.63, 3.8) is 0 Å². The van der Waals surface area contributed by atoms with Gasteiger partial charge in [-0.15, -0.1) is 6.58 Å². The van der Waals surface area contributed by atoms with E-state index in [0.29, 0.717) is 5.70 Å². The van der Waals surface area contributed by atoms with Gasteiger partial charge in [-0.05, 0) is 25.0 Å². The highest BCUT2D eigenvalue weighted by atomic mass is 19.4. The van der Waals surface area contributed by atoms with Crippen LogP contribution in [0.5, 0.6) is 0 Å². The van der Waals surface area contributed by atoms with Gasteiger partial charge in [0.25, 0.3) is 0 Å². The lowest BCUT2D eigenvalue weighted by Crippen LogP contribution is -2.29. The van der Waals surface area contributed by atoms with Gasteiger partial charge < -0.3 is 10.2 Å². The van der Waals surface area contributed by atoms with Crippen LogP contribution in [-0.2, 0) is 16.0 Å². The fourth-order valence-corrected chi connectivity index (χ4v) is 2.68. The smallest absolute Gasteiger partial charge is 0.348 e. The molecule has 1 atom stereocenters. The first-order chi connectivity index (χ1) is 14.5. The third-order valence-corrected chi connectivity index (χ3v) is 4.62. The van der Waals surface area contributed by atoms with Crippen LogP contribution in [0.2, 0.25) is 0 Å². The molecule has 1 aromatic rings. The number of benzene rings is 1. The average molecular weight is 435 g/mol. The molecule has 4 nitrogen and oxygen atoms in total. The Morgan fingerprint density at radius 3 is 2.42 bits per heavy atom. The number of rotatable bonds is 9. The number of nitrogens with one attached hydrogen (secondary N) is 1. The minimum atomic E-state index is -4.37. The first-order valence-electron chi connectivity index (χ1n) is 9.77. The Morgan fingerprint density at radius 2 is 1.87 bits per heavy atom. The summed E-state index contributed by atoms with van der Waals surface area (Å²) in [5, 5.41) is 2.76. The first kappa shape index (κ1) is 25.9. The standard InChI is InChI=1S/C24H29F3N2O2/c1-6-18(13-10-11-17(3)24(25,26)27)21-14-9-8-12-19(21)15-22(30)28-20(7-2)16-23(31)29(4)5/h6-14,18H,1,15-16H2,2-5H3,(H,28,30)/b13-10?,17-11+,20-7+. The molecule has 7 heteroatoms. The van der Waals surface area contributed by atoms with Gasteiger partial charge in [0, 0.05) is 31.3 Å². The summed E-state index contributed by atoms with van der Waals surface area (Å²) < 4.78 is 37.9. The van der Waals surface area contributed by atoms with Crippen molar-refractivity contribution in [2.45, 2.75) is 38.8 Å². The lowest BCUT2D eigenvalue weighted by Gasteiger charge is -2.16. The number of allylic oxidation sites excluding steroid dienone is 6. The summed E-state index contributed by atoms with van der Waals surface area (Å²) in [5.74, 6) is -0.780. The van der Waals surface area contributed by atoms with E-state index in [2.05, 4.69) is 11.9 Å². The van der Waals surface area contributed by atoms with Crippen LogP contribution in [-0.4, -0.2) is 37.0 Å². The number of hydrogen-bond donors (Lipinski definition) is 1. The molecule has 1 N–H and O–H groups in total. The van der Waals surface area contributed by atoms with Gasteiger partial charge in [0.05, 0.1) is 12.8 Å². The van der Waals surface area contributed by atoms with E-state index >= 15 is 0 Å². The van der Waals surface area contributed by atoms with Crippen LogP contribution in [0.1, 0.15) is 37.3 Å². The van der Waals surface area contributed by atoms with Crippen molar-refractivity contribution >= 4 is 11.8 Å². The maximum absolute atomic E-state index is 12.6. The van der Waals surface area contributed by atoms with Gasteiger partial charge in [0.2, 0.25) is 11.8 Å². The van der Waals surface area contributed by atoms with Crippen LogP contribution in [0, 0.1) is 0 Å². The number of nitrogens with zero attached hydrogens (tertiary/aromatic N) is 1. The van der Waals surface area contributed by atoms with Crippen LogP contribution in [0.15, 0.2) is 72.5 Å². The SMILES string of the molecule is C=CC(C=C/C=C(\C)C(F)(F)F)c1ccccc1CC(=O)N/C(=C/C)CC(=O)N(C)C. The monoisotopic (exact) mass is 434 g/mol. The van der Waals surface area contributed by atoms with Crippen molar-refractivity contribution in [2.75, 3.05) is 14.1 Å². The Kier molecular flexibility index (Phi) is 9.99. The summed E-state index contributed by atoms with van der Waals surface area (Å²) in [7, 11) is 3.28. The predicted molar refractivity (Wildman–Crippen MR) is 117 cm³/mol. The minimum absolute atomic E-state index is 0.0548. The van der Waals surface area contributed by atoms with Crippen molar-refractivity contribution in [3.8, 4) is 0 Å². The normalized spacial score (nSPS) is 13.8. The van der Waals surface area contributed by atoms with Gasteiger partial charge in [-0.2, -0.15) is 13.2 Å². The summed E-state index contributed by atoms with van der Waals surface area (Å²) in [6, 6.07) is 7.18. The third-order valence-electron chi connectivity index (χ3n) is 4.62. The van der Waals surface area contributed by atoms with Crippen LogP contribution < -0.4 is 5.32 Å². The number of alkyl halides is 3. The second kappa shape index (κ2) is 11.9. The van der Waals surface area contributed by atoms with E-state index in [4.69, 9.17) is 0 Å². The van der Waals surface area contributed by atoms with E-state index in [1.54, 1.807) is 57.4 Å². The van der Waals surface area contributed by atoms with Gasteiger partial charge in [-0.3, -0.25) is 9.59 Å². The average Bonchev–Trinajstić information content (AvgIpc) is 2.70. The van der Waals surface area contributed by atoms with Crippen LogP contribution in [0.3, 0.4) is 0 Å². The van der Waals surface area contributed by atoms with Crippen molar-refractivity contribution in [2.24, 2.45) is 0 Å². The molecule has 0 bridgehead atoms. The predicted octanol–water partition coefficient (Wildman–Crippen LogP) is 5.06. The molecule has 1 rings (SSSR count). The second-order valence-corrected chi connectivity index (χ2v) is 7.20. The van der Waals surface area contributed by atoms with Gasteiger partial charge in [0.15, 0.2) is 0 Å². The molecule has 0 saturated carbocycles. The van der Waals surface area contributed by atoms with Gasteiger partial charge in [0.1, 0.15) is 0 Å². The Balaban J connectivity index is 2.98. The molecule has 0 aromatic heterocycles. The van der Waals surface area contributed by atoms with Crippen molar-refractivity contribution in [1.29, 1.82) is 0 Å². The summed E-state index contributed by atoms with van der Waals surface area (Å²) >= 11 is 0. The van der Waals surface area contributed by atoms with E-state index in [9.17, 15) is 22.8 Å². The first-order valence-corrected chi connectivity index (χ1v) is 9.77. The van der Waals surface area contributed by atoms with Crippen LogP contribution >= 0.6 is 0 Å². The molecule has 0 aliphatic heterocycles. The molecule has 1 aromatic carbocycles. The molecule has 168 valence electrons. The molecule has 31 heavy (non-hydrogen) atoms. The van der Waals surface area contributed by atoms with E-state index < -0.39 is 11.7 Å². The summed E-state index contributed by atoms with van der Waals surface area (Å²) in [6.07, 6.45) is 3.00. The van der Waals surface area contributed by atoms with Crippen molar-refractivity contribution < 1.29 is 22.8 Å². The summed E-state index contributed by atoms with van der Waals surface area (Å²) in [4.78, 5) is 25.9. The third kappa shape index (κ3) is 8.66. The fraction of sp³-hybridized carbons (Fsp3) is 0.333. The lowest BCUT2D eigenvalue weighted by atomic mass is 9.92. The molecule has 0 aliphatic rings. The Hall–Kier alpha value is -3.09. The van der Waals surface area contributed by atoms with Gasteiger partial charge in [-0.25, -0.2) is 0 Å². The molecule has 0 heterocycles. The molecular formula is C24H29F3N2O2. The van der Waals surface area contributed by atoms with E-state index in [1.807, 2.05) is 6.07 Å². The van der Waals surface area contributed by atoms with Crippen molar-refractivity contribution in [3.05, 3.63) is 83.6 Å². The lowest BCUT2D eigenvalue weighted by molar-refractivity contribution is -0.128. The minimum Gasteiger partial charge on any atom is -0.348 e. The zero-order chi connectivity index (χ0) is 23.6. The molecule has 0 spiro atoms. The van der Waals surface area contributed by atoms with E-state index in [1.165, 1.54) is 11.0 Å². The number of halogens is 3. The Morgan fingerprint density at radius 1 is 1.23 bits per heavy atom. The van der Waals surface area contributed by atoms with Gasteiger partial charge >= 0.3 is 6.18 Å². The second-order valence-electron chi connectivity index (χ2n) is 7.20. The fourth-order valence-electron chi connectivity index (χ4n) is 2.68. The van der Waals surface area contributed by atoms with Gasteiger partial charge in [-0.1, -0.05) is 54.6 Å². The summed E-state index contributed by atoms with van der Waals surface area (Å²) in [5.41, 5.74) is 1.30. The number of hydrogen-bond acceptors (Lipinski definition) is 2. The van der Waals surface area contributed by atoms with Crippen LogP contribution in [0.25, 0.3) is 0 Å². The largest absolute Gasteiger partial charge is 0.412 e. The highest BCUT2D eigenvalue weighted by Crippen LogP contribution is 2.26. The molecule has 1 unspecified atom stereocenters. The Labute approximate surface area is 181 Å². The molecule has 0 fully saturated rings. The molecule has 0 aliphatic carbocycles. The number of carbonyl (C=O) groups excluding carboxylic acids is 2. The van der Waals surface area contributed by atoms with Crippen LogP contribution in [0.4, 0.5) is 13.2 Å².